The maximum Gasteiger partial charge on any atom is 0.246 e. The molecule has 2 rings (SSSR count). The minimum Gasteiger partial charge on any atom is -0.359 e. The third-order valence-corrected chi connectivity index (χ3v) is 2.80. The summed E-state index contributed by atoms with van der Waals surface area (Å²) in [5.74, 6) is 2.85. The number of nitrogens with zero attached hydrogens (tertiary/aromatic N) is 4. The molecule has 0 aromatic carbocycles. The normalized spacial score (nSPS) is 11.4. The third-order valence-electron chi connectivity index (χ3n) is 2.80. The van der Waals surface area contributed by atoms with Crippen molar-refractivity contribution < 1.29 is 9.05 Å². The van der Waals surface area contributed by atoms with Crippen LogP contribution in [0.4, 0.5) is 0 Å². The van der Waals surface area contributed by atoms with Crippen molar-refractivity contribution in [2.24, 2.45) is 4.99 Å². The molecule has 0 atom stereocenters. The van der Waals surface area contributed by atoms with Crippen LogP contribution in [0.25, 0.3) is 0 Å². The Bertz CT molecular complexity index is 607. The predicted octanol–water partition coefficient (Wildman–Crippen LogP) is 1.97. The van der Waals surface area contributed by atoms with Crippen LogP contribution in [0.5, 0.6) is 0 Å². The first-order valence-corrected chi connectivity index (χ1v) is 6.77. The molecule has 8 nitrogen and oxygen atoms in total. The molecule has 2 aromatic rings. The highest BCUT2D eigenvalue weighted by Crippen LogP contribution is 2.13. The van der Waals surface area contributed by atoms with Gasteiger partial charge in [0, 0.05) is 13.1 Å². The summed E-state index contributed by atoms with van der Waals surface area (Å²) >= 11 is 0. The number of hydrogen-bond donors (Lipinski definition) is 2. The van der Waals surface area contributed by atoms with Crippen LogP contribution >= 0.6 is 24.0 Å². The monoisotopic (exact) mass is 420 g/mol. The number of nitrogens with one attached hydrogen (secondary N) is 2. The molecule has 0 saturated carbocycles. The van der Waals surface area contributed by atoms with Crippen LogP contribution < -0.4 is 10.6 Å². The van der Waals surface area contributed by atoms with Gasteiger partial charge in [0.2, 0.25) is 5.89 Å². The number of aliphatic imine (C=N–C) groups is 1. The largest absolute Gasteiger partial charge is 0.359 e. The van der Waals surface area contributed by atoms with Crippen LogP contribution in [0.1, 0.15) is 42.9 Å². The SMILES string of the molecule is CN=C(NCc1cc(C(C)C)no1)NCc1nc(C)no1.I. The minimum absolute atomic E-state index is 0. The lowest BCUT2D eigenvalue weighted by molar-refractivity contribution is 0.368. The van der Waals surface area contributed by atoms with Gasteiger partial charge in [0.1, 0.15) is 0 Å². The number of hydrogen-bond acceptors (Lipinski definition) is 6. The van der Waals surface area contributed by atoms with Crippen LogP contribution in [0.2, 0.25) is 0 Å². The van der Waals surface area contributed by atoms with E-state index in [9.17, 15) is 0 Å². The van der Waals surface area contributed by atoms with Crippen LogP contribution in [-0.4, -0.2) is 28.3 Å². The van der Waals surface area contributed by atoms with Crippen molar-refractivity contribution in [3.05, 3.63) is 29.2 Å². The summed E-state index contributed by atoms with van der Waals surface area (Å²) in [6.07, 6.45) is 0. The van der Waals surface area contributed by atoms with E-state index < -0.39 is 0 Å². The number of aryl methyl sites for hydroxylation is 1. The van der Waals surface area contributed by atoms with E-state index in [-0.39, 0.29) is 24.0 Å². The molecule has 0 radical (unpaired) electrons. The van der Waals surface area contributed by atoms with Crippen LogP contribution in [0.15, 0.2) is 20.1 Å². The molecule has 0 aliphatic rings. The summed E-state index contributed by atoms with van der Waals surface area (Å²) < 4.78 is 10.3. The van der Waals surface area contributed by atoms with Gasteiger partial charge in [0.25, 0.3) is 0 Å². The Hall–Kier alpha value is -1.65. The Morgan fingerprint density at radius 1 is 1.23 bits per heavy atom. The highest BCUT2D eigenvalue weighted by molar-refractivity contribution is 14.0. The summed E-state index contributed by atoms with van der Waals surface area (Å²) in [6.45, 7) is 6.83. The van der Waals surface area contributed by atoms with Gasteiger partial charge in [-0.05, 0) is 12.8 Å². The van der Waals surface area contributed by atoms with E-state index in [4.69, 9.17) is 9.05 Å². The summed E-state index contributed by atoms with van der Waals surface area (Å²) in [5, 5.41) is 13.9. The van der Waals surface area contributed by atoms with Gasteiger partial charge in [-0.3, -0.25) is 4.99 Å². The van der Waals surface area contributed by atoms with Gasteiger partial charge in [0.05, 0.1) is 18.8 Å². The van der Waals surface area contributed by atoms with Gasteiger partial charge in [-0.25, -0.2) is 0 Å². The maximum atomic E-state index is 5.25. The van der Waals surface area contributed by atoms with Crippen LogP contribution in [0, 0.1) is 6.92 Å². The van der Waals surface area contributed by atoms with Crippen molar-refractivity contribution in [1.29, 1.82) is 0 Å². The van der Waals surface area contributed by atoms with E-state index in [1.807, 2.05) is 6.07 Å². The molecule has 0 amide bonds. The van der Waals surface area contributed by atoms with Gasteiger partial charge in [-0.15, -0.1) is 24.0 Å². The average molecular weight is 420 g/mol. The fourth-order valence-corrected chi connectivity index (χ4v) is 1.65. The lowest BCUT2D eigenvalue weighted by atomic mass is 10.1. The van der Waals surface area contributed by atoms with Gasteiger partial charge in [-0.2, -0.15) is 4.98 Å². The Kier molecular flexibility index (Phi) is 7.28. The minimum atomic E-state index is 0. The first-order valence-electron chi connectivity index (χ1n) is 6.77. The number of guanidine groups is 1. The Balaban J connectivity index is 0.00000242. The second-order valence-corrected chi connectivity index (χ2v) is 4.89. The molecule has 0 unspecified atom stereocenters. The van der Waals surface area contributed by atoms with E-state index in [0.717, 1.165) is 11.5 Å². The number of rotatable bonds is 5. The average Bonchev–Trinajstić information content (AvgIpc) is 3.08. The molecule has 22 heavy (non-hydrogen) atoms. The first kappa shape index (κ1) is 18.4. The molecule has 0 spiro atoms. The van der Waals surface area contributed by atoms with Crippen molar-refractivity contribution in [1.82, 2.24) is 25.9 Å². The molecule has 2 N–H and O–H groups in total. The number of aromatic nitrogens is 3. The Morgan fingerprint density at radius 2 is 1.95 bits per heavy atom. The molecule has 2 heterocycles. The van der Waals surface area contributed by atoms with E-state index in [1.165, 1.54) is 0 Å². The van der Waals surface area contributed by atoms with Gasteiger partial charge >= 0.3 is 0 Å². The molecular formula is C13H21IN6O2. The lowest BCUT2D eigenvalue weighted by Crippen LogP contribution is -2.36. The second kappa shape index (κ2) is 8.71. The van der Waals surface area contributed by atoms with Gasteiger partial charge < -0.3 is 19.7 Å². The summed E-state index contributed by atoms with van der Waals surface area (Å²) in [7, 11) is 1.69. The van der Waals surface area contributed by atoms with E-state index in [2.05, 4.69) is 44.8 Å². The highest BCUT2D eigenvalue weighted by atomic mass is 127. The molecule has 0 bridgehead atoms. The zero-order valence-electron chi connectivity index (χ0n) is 13.1. The van der Waals surface area contributed by atoms with Crippen molar-refractivity contribution in [3.63, 3.8) is 0 Å². The topological polar surface area (TPSA) is 101 Å². The van der Waals surface area contributed by atoms with Crippen molar-refractivity contribution in [2.45, 2.75) is 39.8 Å². The van der Waals surface area contributed by atoms with Crippen molar-refractivity contribution in [2.75, 3.05) is 7.05 Å². The number of halogens is 1. The summed E-state index contributed by atoms with van der Waals surface area (Å²) in [6, 6.07) is 1.94. The van der Waals surface area contributed by atoms with Crippen LogP contribution in [0.3, 0.4) is 0 Å². The standard InChI is InChI=1S/C13H20N6O2.HI/c1-8(2)11-5-10(20-19-11)6-15-13(14-4)16-7-12-17-9(3)18-21-12;/h5,8H,6-7H2,1-4H3,(H2,14,15,16);1H. The fourth-order valence-electron chi connectivity index (χ4n) is 1.65. The third kappa shape index (κ3) is 5.28. The smallest absolute Gasteiger partial charge is 0.246 e. The van der Waals surface area contributed by atoms with Crippen molar-refractivity contribution >= 4 is 29.9 Å². The van der Waals surface area contributed by atoms with E-state index >= 15 is 0 Å². The lowest BCUT2D eigenvalue weighted by Gasteiger charge is -2.08. The Labute approximate surface area is 146 Å². The van der Waals surface area contributed by atoms with E-state index in [1.54, 1.807) is 14.0 Å². The molecule has 9 heteroatoms. The maximum absolute atomic E-state index is 5.25. The van der Waals surface area contributed by atoms with Gasteiger partial charge in [-0.1, -0.05) is 24.2 Å². The quantitative estimate of drug-likeness (QED) is 0.433. The molecule has 2 aromatic heterocycles. The fraction of sp³-hybridized carbons (Fsp3) is 0.538. The van der Waals surface area contributed by atoms with E-state index in [0.29, 0.717) is 36.7 Å². The highest BCUT2D eigenvalue weighted by Gasteiger charge is 2.09. The zero-order chi connectivity index (χ0) is 15.2. The van der Waals surface area contributed by atoms with Crippen molar-refractivity contribution in [3.8, 4) is 0 Å². The summed E-state index contributed by atoms with van der Waals surface area (Å²) in [5.41, 5.74) is 0.941. The molecule has 0 fully saturated rings. The molecular weight excluding hydrogens is 399 g/mol. The molecule has 0 saturated heterocycles. The van der Waals surface area contributed by atoms with Crippen LogP contribution in [-0.2, 0) is 13.1 Å². The first-order chi connectivity index (χ1) is 10.1. The molecule has 0 aliphatic heterocycles. The predicted molar refractivity (Wildman–Crippen MR) is 92.1 cm³/mol. The molecule has 122 valence electrons. The Morgan fingerprint density at radius 3 is 2.50 bits per heavy atom. The molecule has 0 aliphatic carbocycles. The van der Waals surface area contributed by atoms with Gasteiger partial charge in [0.15, 0.2) is 17.5 Å². The summed E-state index contributed by atoms with van der Waals surface area (Å²) in [4.78, 5) is 8.22. The zero-order valence-corrected chi connectivity index (χ0v) is 15.4. The second-order valence-electron chi connectivity index (χ2n) is 4.89.